The van der Waals surface area contributed by atoms with Crippen LogP contribution in [0.3, 0.4) is 0 Å². The maximum Gasteiger partial charge on any atom is 0.126 e. The third-order valence-electron chi connectivity index (χ3n) is 3.99. The Kier molecular flexibility index (Phi) is 5.20. The van der Waals surface area contributed by atoms with Crippen molar-refractivity contribution in [2.75, 3.05) is 13.2 Å². The third-order valence-corrected chi connectivity index (χ3v) is 3.99. The molecule has 0 aromatic heterocycles. The molecule has 0 amide bonds. The number of likely N-dealkylation sites (N-methyl/N-ethyl adjacent to an activating group) is 1. The Morgan fingerprint density at radius 2 is 2.11 bits per heavy atom. The van der Waals surface area contributed by atoms with E-state index in [2.05, 4.69) is 12.2 Å². The Bertz CT molecular complexity index is 402. The summed E-state index contributed by atoms with van der Waals surface area (Å²) in [5, 5.41) is 3.52. The Morgan fingerprint density at radius 1 is 1.37 bits per heavy atom. The lowest BCUT2D eigenvalue weighted by molar-refractivity contribution is 0.219. The molecule has 1 aliphatic rings. The average Bonchev–Trinajstić information content (AvgIpc) is 2.92. The fourth-order valence-electron chi connectivity index (χ4n) is 2.88. The maximum atomic E-state index is 13.2. The van der Waals surface area contributed by atoms with E-state index in [9.17, 15) is 4.39 Å². The summed E-state index contributed by atoms with van der Waals surface area (Å²) >= 11 is 0. The molecule has 1 aromatic rings. The van der Waals surface area contributed by atoms with Gasteiger partial charge in [0.1, 0.15) is 18.2 Å². The highest BCUT2D eigenvalue weighted by Gasteiger charge is 2.24. The smallest absolute Gasteiger partial charge is 0.126 e. The van der Waals surface area contributed by atoms with Gasteiger partial charge in [0.05, 0.1) is 0 Å². The van der Waals surface area contributed by atoms with Crippen molar-refractivity contribution < 1.29 is 9.13 Å². The molecule has 0 heterocycles. The molecule has 0 bridgehead atoms. The molecule has 1 N–H and O–H groups in total. The number of hydrogen-bond acceptors (Lipinski definition) is 2. The molecule has 2 rings (SSSR count). The first kappa shape index (κ1) is 14.3. The van der Waals surface area contributed by atoms with E-state index >= 15 is 0 Å². The van der Waals surface area contributed by atoms with Crippen molar-refractivity contribution in [3.05, 3.63) is 29.6 Å². The highest BCUT2D eigenvalue weighted by atomic mass is 19.1. The zero-order valence-electron chi connectivity index (χ0n) is 11.9. The molecule has 1 aromatic carbocycles. The molecule has 0 saturated heterocycles. The minimum atomic E-state index is -0.175. The van der Waals surface area contributed by atoms with Crippen LogP contribution in [0.15, 0.2) is 18.2 Å². The molecule has 1 atom stereocenters. The SMILES string of the molecule is CCNC(COc1ccc(F)c(C)c1)C1CCCC1. The first-order valence-electron chi connectivity index (χ1n) is 7.33. The van der Waals surface area contributed by atoms with Crippen LogP contribution in [0, 0.1) is 18.7 Å². The van der Waals surface area contributed by atoms with Gasteiger partial charge >= 0.3 is 0 Å². The first-order valence-corrected chi connectivity index (χ1v) is 7.33. The van der Waals surface area contributed by atoms with Crippen LogP contribution in [0.25, 0.3) is 0 Å². The fraction of sp³-hybridized carbons (Fsp3) is 0.625. The second-order valence-corrected chi connectivity index (χ2v) is 5.43. The highest BCUT2D eigenvalue weighted by Crippen LogP contribution is 2.28. The van der Waals surface area contributed by atoms with E-state index in [0.29, 0.717) is 18.2 Å². The van der Waals surface area contributed by atoms with Gasteiger partial charge in [0, 0.05) is 6.04 Å². The van der Waals surface area contributed by atoms with Gasteiger partial charge in [-0.3, -0.25) is 0 Å². The van der Waals surface area contributed by atoms with Gasteiger partial charge in [0.25, 0.3) is 0 Å². The van der Waals surface area contributed by atoms with E-state index in [0.717, 1.165) is 18.2 Å². The predicted molar refractivity (Wildman–Crippen MR) is 76.1 cm³/mol. The molecule has 1 unspecified atom stereocenters. The number of halogens is 1. The van der Waals surface area contributed by atoms with E-state index in [1.807, 2.05) is 0 Å². The van der Waals surface area contributed by atoms with Crippen molar-refractivity contribution in [3.8, 4) is 5.75 Å². The van der Waals surface area contributed by atoms with Gasteiger partial charge < -0.3 is 10.1 Å². The number of nitrogens with one attached hydrogen (secondary N) is 1. The Hall–Kier alpha value is -1.09. The van der Waals surface area contributed by atoms with Gasteiger partial charge in [-0.05, 0) is 56.0 Å². The number of benzene rings is 1. The van der Waals surface area contributed by atoms with Crippen molar-refractivity contribution in [2.45, 2.75) is 45.6 Å². The van der Waals surface area contributed by atoms with E-state index in [1.165, 1.54) is 31.7 Å². The van der Waals surface area contributed by atoms with E-state index in [1.54, 1.807) is 19.1 Å². The monoisotopic (exact) mass is 265 g/mol. The van der Waals surface area contributed by atoms with E-state index < -0.39 is 0 Å². The summed E-state index contributed by atoms with van der Waals surface area (Å²) in [6, 6.07) is 5.37. The van der Waals surface area contributed by atoms with Gasteiger partial charge in [-0.1, -0.05) is 19.8 Å². The van der Waals surface area contributed by atoms with Crippen molar-refractivity contribution in [3.63, 3.8) is 0 Å². The quantitative estimate of drug-likeness (QED) is 0.847. The fourth-order valence-corrected chi connectivity index (χ4v) is 2.88. The summed E-state index contributed by atoms with van der Waals surface area (Å²) in [7, 11) is 0. The molecular formula is C16H24FNO. The summed E-state index contributed by atoms with van der Waals surface area (Å²) < 4.78 is 19.0. The second kappa shape index (κ2) is 6.90. The molecule has 0 spiro atoms. The lowest BCUT2D eigenvalue weighted by Crippen LogP contribution is -2.40. The Balaban J connectivity index is 1.91. The van der Waals surface area contributed by atoms with E-state index in [4.69, 9.17) is 4.74 Å². The molecule has 3 heteroatoms. The molecule has 1 fully saturated rings. The lowest BCUT2D eigenvalue weighted by atomic mass is 9.99. The van der Waals surface area contributed by atoms with Crippen molar-refractivity contribution in [2.24, 2.45) is 5.92 Å². The van der Waals surface area contributed by atoms with Gasteiger partial charge in [-0.15, -0.1) is 0 Å². The topological polar surface area (TPSA) is 21.3 Å². The lowest BCUT2D eigenvalue weighted by Gasteiger charge is -2.24. The zero-order chi connectivity index (χ0) is 13.7. The zero-order valence-corrected chi connectivity index (χ0v) is 11.9. The van der Waals surface area contributed by atoms with Crippen molar-refractivity contribution in [1.82, 2.24) is 5.32 Å². The van der Waals surface area contributed by atoms with Gasteiger partial charge in [0.2, 0.25) is 0 Å². The Labute approximate surface area is 115 Å². The average molecular weight is 265 g/mol. The van der Waals surface area contributed by atoms with Crippen LogP contribution >= 0.6 is 0 Å². The molecule has 2 nitrogen and oxygen atoms in total. The molecular weight excluding hydrogens is 241 g/mol. The van der Waals surface area contributed by atoms with Gasteiger partial charge in [0.15, 0.2) is 0 Å². The van der Waals surface area contributed by atoms with Crippen LogP contribution in [0.4, 0.5) is 4.39 Å². The van der Waals surface area contributed by atoms with Crippen LogP contribution in [-0.2, 0) is 0 Å². The summed E-state index contributed by atoms with van der Waals surface area (Å²) in [5.74, 6) is 1.31. The van der Waals surface area contributed by atoms with Crippen molar-refractivity contribution >= 4 is 0 Å². The summed E-state index contributed by atoms with van der Waals surface area (Å²) in [4.78, 5) is 0. The molecule has 106 valence electrons. The summed E-state index contributed by atoms with van der Waals surface area (Å²) in [6.45, 7) is 5.53. The minimum absolute atomic E-state index is 0.175. The minimum Gasteiger partial charge on any atom is -0.492 e. The standard InChI is InChI=1S/C16H24FNO/c1-3-18-16(13-6-4-5-7-13)11-19-14-8-9-15(17)12(2)10-14/h8-10,13,16,18H,3-7,11H2,1-2H3. The summed E-state index contributed by atoms with van der Waals surface area (Å²) in [5.41, 5.74) is 0.637. The van der Waals surface area contributed by atoms with Crippen LogP contribution in [0.5, 0.6) is 5.75 Å². The van der Waals surface area contributed by atoms with Crippen LogP contribution < -0.4 is 10.1 Å². The second-order valence-electron chi connectivity index (χ2n) is 5.43. The summed E-state index contributed by atoms with van der Waals surface area (Å²) in [6.07, 6.45) is 5.26. The molecule has 19 heavy (non-hydrogen) atoms. The number of rotatable bonds is 6. The number of hydrogen-bond donors (Lipinski definition) is 1. The molecule has 0 aliphatic heterocycles. The highest BCUT2D eigenvalue weighted by molar-refractivity contribution is 5.28. The molecule has 1 saturated carbocycles. The van der Waals surface area contributed by atoms with Gasteiger partial charge in [-0.25, -0.2) is 4.39 Å². The maximum absolute atomic E-state index is 13.2. The predicted octanol–water partition coefficient (Wildman–Crippen LogP) is 3.68. The van der Waals surface area contributed by atoms with E-state index in [-0.39, 0.29) is 5.82 Å². The number of ether oxygens (including phenoxy) is 1. The normalized spacial score (nSPS) is 17.6. The first-order chi connectivity index (χ1) is 9.20. The van der Waals surface area contributed by atoms with Gasteiger partial charge in [-0.2, -0.15) is 0 Å². The van der Waals surface area contributed by atoms with Crippen molar-refractivity contribution in [1.29, 1.82) is 0 Å². The number of aryl methyl sites for hydroxylation is 1. The van der Waals surface area contributed by atoms with Crippen LogP contribution in [-0.4, -0.2) is 19.2 Å². The Morgan fingerprint density at radius 3 is 2.74 bits per heavy atom. The largest absolute Gasteiger partial charge is 0.492 e. The molecule has 0 radical (unpaired) electrons. The third kappa shape index (κ3) is 3.93. The van der Waals surface area contributed by atoms with Crippen LogP contribution in [0.2, 0.25) is 0 Å². The van der Waals surface area contributed by atoms with Crippen LogP contribution in [0.1, 0.15) is 38.2 Å². The molecule has 1 aliphatic carbocycles.